The van der Waals surface area contributed by atoms with Crippen molar-refractivity contribution in [3.8, 4) is 5.75 Å². The van der Waals surface area contributed by atoms with Crippen molar-refractivity contribution < 1.29 is 147 Å². The molecular weight excluding hydrogens is 1570 g/mol. The third-order valence-corrected chi connectivity index (χ3v) is 18.2. The lowest BCUT2D eigenvalue weighted by Crippen LogP contribution is -2.60. The van der Waals surface area contributed by atoms with E-state index in [0.717, 1.165) is 11.8 Å². The van der Waals surface area contributed by atoms with Crippen LogP contribution >= 0.6 is 0 Å². The molecule has 2 fully saturated rings. The van der Waals surface area contributed by atoms with Crippen molar-refractivity contribution in [2.45, 2.75) is 220 Å². The van der Waals surface area contributed by atoms with E-state index in [-0.39, 0.29) is 69.3 Å². The monoisotopic (exact) mass is 1680 g/mol. The smallest absolute Gasteiger partial charge is 0.328 e. The minimum Gasteiger partial charge on any atom is -0.508 e. The van der Waals surface area contributed by atoms with Crippen molar-refractivity contribution in [2.24, 2.45) is 28.7 Å². The van der Waals surface area contributed by atoms with Crippen LogP contribution in [0.25, 0.3) is 0 Å². The first-order valence-electron chi connectivity index (χ1n) is 37.5. The zero-order valence-corrected chi connectivity index (χ0v) is 64.7. The van der Waals surface area contributed by atoms with Crippen LogP contribution in [0.1, 0.15) is 116 Å². The van der Waals surface area contributed by atoms with E-state index in [9.17, 15) is 137 Å². The quantitative estimate of drug-likeness (QED) is 0.0269. The second-order valence-corrected chi connectivity index (χ2v) is 27.6. The molecule has 3 rings (SSSR count). The number of carboxylic acids is 3. The number of ether oxygens (including phenoxy) is 2. The molecule has 2 aliphatic heterocycles. The van der Waals surface area contributed by atoms with Gasteiger partial charge in [0, 0.05) is 45.2 Å². The highest BCUT2D eigenvalue weighted by Crippen LogP contribution is 2.25. The minimum atomic E-state index is -1.94. The average molecular weight is 1680 g/mol. The summed E-state index contributed by atoms with van der Waals surface area (Å²) in [4.78, 5) is 250. The number of rotatable bonds is 54. The van der Waals surface area contributed by atoms with Crippen molar-refractivity contribution in [2.75, 3.05) is 59.0 Å². The number of aliphatic hydroxyl groups is 5. The summed E-state index contributed by atoms with van der Waals surface area (Å²) in [6.45, 7) is -3.24. The molecule has 0 bridgehead atoms. The van der Waals surface area contributed by atoms with Crippen molar-refractivity contribution in [3.05, 3.63) is 29.8 Å². The maximum atomic E-state index is 14.5. The van der Waals surface area contributed by atoms with Gasteiger partial charge < -0.3 is 158 Å². The van der Waals surface area contributed by atoms with Crippen molar-refractivity contribution in [3.63, 3.8) is 0 Å². The van der Waals surface area contributed by atoms with E-state index in [4.69, 9.17) is 38.1 Å². The predicted molar refractivity (Wildman–Crippen MR) is 400 cm³/mol. The Hall–Kier alpha value is -11.4. The van der Waals surface area contributed by atoms with E-state index in [1.165, 1.54) is 31.2 Å². The first-order chi connectivity index (χ1) is 55.6. The average Bonchev–Trinajstić information content (AvgIpc) is 1.18. The summed E-state index contributed by atoms with van der Waals surface area (Å²) in [7, 11) is 0. The largest absolute Gasteiger partial charge is 0.508 e. The van der Waals surface area contributed by atoms with Gasteiger partial charge in [-0.25, -0.2) is 4.79 Å². The second-order valence-electron chi connectivity index (χ2n) is 27.6. The highest BCUT2D eigenvalue weighted by Gasteiger charge is 2.46. The van der Waals surface area contributed by atoms with Gasteiger partial charge in [0.05, 0.1) is 51.5 Å². The van der Waals surface area contributed by atoms with Crippen LogP contribution in [-0.2, 0) is 107 Å². The Kier molecular flexibility index (Phi) is 44.0. The van der Waals surface area contributed by atoms with Gasteiger partial charge in [-0.1, -0.05) is 12.1 Å². The molecule has 0 radical (unpaired) electrons. The molecule has 1 aromatic rings. The number of carboxylic acid groups (broad SMARTS) is 3. The number of carbonyl (C=O) groups is 19. The summed E-state index contributed by atoms with van der Waals surface area (Å²) in [5, 5.41) is 119. The molecule has 17 atom stereocenters. The lowest BCUT2D eigenvalue weighted by Gasteiger charge is -2.40. The molecule has 1 aromatic carbocycles. The number of amides is 16. The van der Waals surface area contributed by atoms with Gasteiger partial charge in [0.1, 0.15) is 84.5 Å². The fourth-order valence-electron chi connectivity index (χ4n) is 11.7. The van der Waals surface area contributed by atoms with Crippen LogP contribution in [0, 0.1) is 0 Å². The van der Waals surface area contributed by atoms with E-state index >= 15 is 0 Å². The van der Waals surface area contributed by atoms with Crippen LogP contribution in [0.5, 0.6) is 5.75 Å². The zero-order chi connectivity index (χ0) is 88.6. The third-order valence-electron chi connectivity index (χ3n) is 18.2. The van der Waals surface area contributed by atoms with Gasteiger partial charge in [0.15, 0.2) is 12.3 Å². The number of unbranched alkanes of at least 4 members (excludes halogenated alkanes) is 1. The van der Waals surface area contributed by atoms with E-state index < -0.39 is 313 Å². The Bertz CT molecular complexity index is 3650. The number of phenols is 1. The van der Waals surface area contributed by atoms with Gasteiger partial charge >= 0.3 is 17.9 Å². The highest BCUT2D eigenvalue weighted by atomic mass is 16.7. The fourth-order valence-corrected chi connectivity index (χ4v) is 11.7. The molecule has 0 unspecified atom stereocenters. The number of phenolic OH excluding ortho intramolecular Hbond substituents is 1. The van der Waals surface area contributed by atoms with Crippen LogP contribution in [0.15, 0.2) is 24.3 Å². The number of aromatic hydroxyl groups is 1. The minimum absolute atomic E-state index is 0.0170. The fraction of sp³-hybridized carbons (Fsp3) is 0.638. The predicted octanol–water partition coefficient (Wildman–Crippen LogP) is -13.5. The molecule has 49 heteroatoms. The number of benzene rings is 1. The van der Waals surface area contributed by atoms with E-state index in [2.05, 4.69) is 63.8 Å². The molecule has 2 saturated heterocycles. The van der Waals surface area contributed by atoms with Gasteiger partial charge in [-0.15, -0.1) is 0 Å². The van der Waals surface area contributed by atoms with E-state index in [1.54, 1.807) is 0 Å². The topological polar surface area (TPSA) is 815 Å². The lowest BCUT2D eigenvalue weighted by molar-refractivity contribution is -0.310. The van der Waals surface area contributed by atoms with Crippen molar-refractivity contribution in [1.29, 1.82) is 0 Å². The summed E-state index contributed by atoms with van der Waals surface area (Å²) in [5.41, 5.74) is 27.9. The number of hydrogen-bond donors (Lipinski definition) is 27. The molecule has 49 nitrogen and oxygen atoms in total. The molecular formula is C69H109N19O30. The van der Waals surface area contributed by atoms with Gasteiger partial charge in [0.2, 0.25) is 94.5 Å². The van der Waals surface area contributed by atoms with Crippen LogP contribution in [0.3, 0.4) is 0 Å². The summed E-state index contributed by atoms with van der Waals surface area (Å²) in [6.07, 6.45) is -17.0. The summed E-state index contributed by atoms with van der Waals surface area (Å²) in [5.74, 6) is -21.3. The van der Waals surface area contributed by atoms with Crippen LogP contribution < -0.4 is 97.8 Å². The number of aliphatic carboxylic acids is 3. The van der Waals surface area contributed by atoms with Crippen molar-refractivity contribution >= 4 is 112 Å². The Morgan fingerprint density at radius 3 is 1.43 bits per heavy atom. The number of hydrogen-bond acceptors (Lipinski definition) is 30. The lowest BCUT2D eigenvalue weighted by atomic mass is 9.99. The second kappa shape index (κ2) is 51.6. The van der Waals surface area contributed by atoms with E-state index in [0.29, 0.717) is 6.42 Å². The van der Waals surface area contributed by atoms with Gasteiger partial charge in [-0.05, 0) is 109 Å². The molecule has 0 saturated carbocycles. The van der Waals surface area contributed by atoms with Gasteiger partial charge in [-0.3, -0.25) is 86.3 Å². The molecule has 16 amide bonds. The normalized spacial score (nSPS) is 19.0. The maximum Gasteiger partial charge on any atom is 0.328 e. The number of carbonyl (C=O) groups excluding carboxylic acids is 16. The standard InChI is InChI=1S/C69H109N19O30/c1-32(79-63(110)40(15-19-47(74)93)80-48(94)26-72)59(106)75-27-51(97)83-43(24-34-8-10-35(91)11-9-34)66(113)85-38(13-12-36(25-71)117-69-58(105)57(104)56(103)45(31-89)118-69)61(108)77-29-49(95)81-41(16-20-53(99)100)64(111)84-39(14-18-46(73)92)62(109)78-30-52(98)88-23-5-7-44(88)67(114)86-37(6-3-4-22-70)60(107)76-28-50(96)82-42(17-21-54(101)102)65(112)87-55(33(2)90)68(115)116/h8-11,32-33,36-45,55-58,69,89-91,103-105H,3-7,12-31,70-72H2,1-2H3,(H2,73,92)(H2,74,93)(H,75,106)(H,76,107)(H,77,108)(H,78,109)(H,79,110)(H,80,94)(H,81,95)(H,82,96)(H,83,97)(H,84,111)(H,85,113)(H,86,114)(H,87,112)(H,99,100)(H,101,102)(H,115,116)/t32-,33+,36+,37-,38-,39-,40-,41-,42-,43-,44-,45+,55-,56-,57-,58+,69+/m0/s1. The first-order valence-corrected chi connectivity index (χ1v) is 37.5. The Morgan fingerprint density at radius 2 is 0.958 bits per heavy atom. The molecule has 32 N–H and O–H groups in total. The Labute approximate surface area is 673 Å². The van der Waals surface area contributed by atoms with Crippen molar-refractivity contribution in [1.82, 2.24) is 74.0 Å². The molecule has 0 aromatic heterocycles. The Balaban J connectivity index is 1.87. The van der Waals surface area contributed by atoms with Gasteiger partial charge in [-0.2, -0.15) is 0 Å². The summed E-state index contributed by atoms with van der Waals surface area (Å²) in [6, 6.07) is -11.0. The van der Waals surface area contributed by atoms with Crippen LogP contribution in [-0.4, -0.2) is 326 Å². The Morgan fingerprint density at radius 1 is 0.508 bits per heavy atom. The number of primary amides is 2. The highest BCUT2D eigenvalue weighted by molar-refractivity contribution is 5.99. The molecule has 660 valence electrons. The summed E-state index contributed by atoms with van der Waals surface area (Å²) < 4.78 is 11.2. The molecule has 0 spiro atoms. The first kappa shape index (κ1) is 101. The number of nitrogens with two attached hydrogens (primary N) is 5. The van der Waals surface area contributed by atoms with Crippen LogP contribution in [0.2, 0.25) is 0 Å². The molecule has 2 aliphatic rings. The number of likely N-dealkylation sites (tertiary alicyclic amines) is 1. The third kappa shape index (κ3) is 36.0. The van der Waals surface area contributed by atoms with Crippen LogP contribution in [0.4, 0.5) is 0 Å². The molecule has 0 aliphatic carbocycles. The molecule has 118 heavy (non-hydrogen) atoms. The number of nitrogens with one attached hydrogen (secondary N) is 13. The molecule has 2 heterocycles. The van der Waals surface area contributed by atoms with Gasteiger partial charge in [0.25, 0.3) is 0 Å². The maximum absolute atomic E-state index is 14.5. The van der Waals surface area contributed by atoms with E-state index in [1.807, 2.05) is 5.32 Å². The number of nitrogens with zero attached hydrogens (tertiary/aromatic N) is 1. The summed E-state index contributed by atoms with van der Waals surface area (Å²) >= 11 is 0. The zero-order valence-electron chi connectivity index (χ0n) is 64.7. The SMILES string of the molecule is C[C@H](NC(=O)[C@H](CCC(N)=O)NC(=O)CN)C(=O)NCC(=O)N[C@@H](Cc1ccc(O)cc1)C(=O)N[C@@H](CC[C@H](CN)O[C@@H]1O[C@H](CO)[C@H](O)[C@H](O)[C@H]1O)C(=O)NCC(=O)N[C@@H](CCC(=O)O)C(=O)N[C@@H](CCC(N)=O)C(=O)NCC(=O)N1CCC[C@H]1C(=O)N[C@@H](CCCCN)C(=O)NCC(=O)N[C@@H](CCC(=O)O)C(=O)N[C@H](C(=O)O)[C@@H](C)O. The number of aliphatic hydroxyl groups excluding tert-OH is 5.